The van der Waals surface area contributed by atoms with Crippen LogP contribution in [0.2, 0.25) is 0 Å². The van der Waals surface area contributed by atoms with E-state index < -0.39 is 0 Å². The van der Waals surface area contributed by atoms with E-state index in [2.05, 4.69) is 15.9 Å². The van der Waals surface area contributed by atoms with E-state index in [1.54, 1.807) is 13.2 Å². The number of ether oxygens (including phenoxy) is 1. The van der Waals surface area contributed by atoms with Crippen molar-refractivity contribution >= 4 is 27.3 Å². The van der Waals surface area contributed by atoms with Crippen LogP contribution in [0, 0.1) is 0 Å². The van der Waals surface area contributed by atoms with Gasteiger partial charge in [-0.15, -0.1) is 0 Å². The summed E-state index contributed by atoms with van der Waals surface area (Å²) < 4.78 is 5.24. The van der Waals surface area contributed by atoms with Gasteiger partial charge in [-0.2, -0.15) is 0 Å². The lowest BCUT2D eigenvalue weighted by Gasteiger charge is -2.09. The van der Waals surface area contributed by atoms with Crippen molar-refractivity contribution < 1.29 is 9.53 Å². The molecule has 0 N–H and O–H groups in total. The molecule has 1 aromatic rings. The first-order chi connectivity index (χ1) is 7.19. The van der Waals surface area contributed by atoms with Crippen LogP contribution in [0.4, 0.5) is 0 Å². The van der Waals surface area contributed by atoms with Gasteiger partial charge in [0.15, 0.2) is 5.78 Å². The Morgan fingerprint density at radius 2 is 2.13 bits per heavy atom. The Bertz CT molecular complexity index is 383. The van der Waals surface area contributed by atoms with Crippen LogP contribution >= 0.6 is 15.9 Å². The summed E-state index contributed by atoms with van der Waals surface area (Å²) in [7, 11) is 1.62. The number of hydrogen-bond acceptors (Lipinski definition) is 2. The van der Waals surface area contributed by atoms with E-state index in [0.29, 0.717) is 5.33 Å². The topological polar surface area (TPSA) is 26.3 Å². The third-order valence-electron chi connectivity index (χ3n) is 1.97. The number of allylic oxidation sites excluding steroid dienone is 2. The van der Waals surface area contributed by atoms with Gasteiger partial charge in [0.25, 0.3) is 0 Å². The zero-order chi connectivity index (χ0) is 11.3. The molecule has 0 saturated heterocycles. The lowest BCUT2D eigenvalue weighted by atomic mass is 10.1. The summed E-state index contributed by atoms with van der Waals surface area (Å²) in [6.07, 6.45) is 1.62. The number of carbonyl (C=O) groups excluding carboxylic acids is 1. The lowest BCUT2D eigenvalue weighted by molar-refractivity contribution is -0.112. The monoisotopic (exact) mass is 268 g/mol. The van der Waals surface area contributed by atoms with Gasteiger partial charge in [0.1, 0.15) is 5.75 Å². The molecule has 1 rings (SSSR count). The number of para-hydroxylation sites is 1. The molecule has 0 unspecified atom stereocenters. The van der Waals surface area contributed by atoms with Gasteiger partial charge in [0.05, 0.1) is 7.11 Å². The summed E-state index contributed by atoms with van der Waals surface area (Å²) in [5, 5.41) is 0.632. The molecule has 0 radical (unpaired) electrons. The van der Waals surface area contributed by atoms with E-state index in [0.717, 1.165) is 16.9 Å². The average Bonchev–Trinajstić information content (AvgIpc) is 2.25. The van der Waals surface area contributed by atoms with Gasteiger partial charge >= 0.3 is 0 Å². The van der Waals surface area contributed by atoms with Crippen LogP contribution in [0.3, 0.4) is 0 Å². The van der Waals surface area contributed by atoms with Crippen molar-refractivity contribution in [3.8, 4) is 5.75 Å². The fraction of sp³-hybridized carbons (Fsp3) is 0.250. The smallest absolute Gasteiger partial charge is 0.152 e. The Balaban J connectivity index is 3.17. The van der Waals surface area contributed by atoms with Crippen molar-refractivity contribution in [3.63, 3.8) is 0 Å². The fourth-order valence-corrected chi connectivity index (χ4v) is 1.81. The van der Waals surface area contributed by atoms with Gasteiger partial charge in [0, 0.05) is 10.9 Å². The summed E-state index contributed by atoms with van der Waals surface area (Å²) in [5.41, 5.74) is 1.88. The highest BCUT2D eigenvalue weighted by Crippen LogP contribution is 2.26. The molecule has 0 aromatic heterocycles. The predicted octanol–water partition coefficient (Wildman–Crippen LogP) is 3.06. The van der Waals surface area contributed by atoms with Gasteiger partial charge in [-0.3, -0.25) is 4.79 Å². The summed E-state index contributed by atoms with van der Waals surface area (Å²) in [6.45, 7) is 1.54. The number of methoxy groups -OCH3 is 1. The quantitative estimate of drug-likeness (QED) is 0.620. The Morgan fingerprint density at radius 3 is 2.67 bits per heavy atom. The third-order valence-corrected chi connectivity index (χ3v) is 2.58. The van der Waals surface area contributed by atoms with Gasteiger partial charge in [-0.05, 0) is 24.6 Å². The van der Waals surface area contributed by atoms with E-state index in [9.17, 15) is 4.79 Å². The second-order valence-electron chi connectivity index (χ2n) is 3.11. The number of alkyl halides is 1. The molecule has 0 aliphatic carbocycles. The third kappa shape index (κ3) is 3.20. The molecule has 3 heteroatoms. The summed E-state index contributed by atoms with van der Waals surface area (Å²) >= 11 is 3.37. The predicted molar refractivity (Wildman–Crippen MR) is 65.4 cm³/mol. The molecular formula is C12H13BrO2. The summed E-state index contributed by atoms with van der Waals surface area (Å²) in [6, 6.07) is 7.65. The molecule has 1 aromatic carbocycles. The number of halogens is 1. The minimum absolute atomic E-state index is 0.0374. The van der Waals surface area contributed by atoms with Crippen LogP contribution in [0.1, 0.15) is 12.5 Å². The van der Waals surface area contributed by atoms with Crippen molar-refractivity contribution in [2.24, 2.45) is 0 Å². The van der Waals surface area contributed by atoms with Crippen LogP contribution in [-0.2, 0) is 4.79 Å². The Labute approximate surface area is 98.1 Å². The van der Waals surface area contributed by atoms with Crippen LogP contribution in [-0.4, -0.2) is 18.2 Å². The van der Waals surface area contributed by atoms with Crippen molar-refractivity contribution in [2.75, 3.05) is 12.4 Å². The number of benzene rings is 1. The first-order valence-corrected chi connectivity index (χ1v) is 5.71. The minimum Gasteiger partial charge on any atom is -0.496 e. The first-order valence-electron chi connectivity index (χ1n) is 4.59. The molecule has 0 bridgehead atoms. The van der Waals surface area contributed by atoms with Crippen molar-refractivity contribution in [1.29, 1.82) is 0 Å². The summed E-state index contributed by atoms with van der Waals surface area (Å²) in [4.78, 5) is 11.0. The zero-order valence-electron chi connectivity index (χ0n) is 8.79. The van der Waals surface area contributed by atoms with Crippen LogP contribution in [0.25, 0.3) is 5.57 Å². The summed E-state index contributed by atoms with van der Waals surface area (Å²) in [5.74, 6) is 0.819. The molecule has 15 heavy (non-hydrogen) atoms. The molecule has 0 aliphatic rings. The maximum atomic E-state index is 11.0. The standard InChI is InChI=1S/C12H13BrO2/c1-9(14)7-10(8-13)11-5-3-4-6-12(11)15-2/h3-7H,8H2,1-2H3/b10-7+. The van der Waals surface area contributed by atoms with Crippen molar-refractivity contribution in [2.45, 2.75) is 6.92 Å². The average molecular weight is 269 g/mol. The number of ketones is 1. The number of carbonyl (C=O) groups is 1. The highest BCUT2D eigenvalue weighted by Gasteiger charge is 2.07. The van der Waals surface area contributed by atoms with Gasteiger partial charge in [-0.25, -0.2) is 0 Å². The van der Waals surface area contributed by atoms with Gasteiger partial charge in [-0.1, -0.05) is 34.1 Å². The second-order valence-corrected chi connectivity index (χ2v) is 3.67. The minimum atomic E-state index is 0.0374. The van der Waals surface area contributed by atoms with Gasteiger partial charge in [0.2, 0.25) is 0 Å². The molecule has 0 aliphatic heterocycles. The lowest BCUT2D eigenvalue weighted by Crippen LogP contribution is -1.95. The van der Waals surface area contributed by atoms with Crippen LogP contribution in [0.15, 0.2) is 30.3 Å². The molecule has 0 heterocycles. The van der Waals surface area contributed by atoms with E-state index in [4.69, 9.17) is 4.74 Å². The zero-order valence-corrected chi connectivity index (χ0v) is 10.4. The SMILES string of the molecule is COc1ccccc1/C(=C/C(C)=O)CBr. The largest absolute Gasteiger partial charge is 0.496 e. The highest BCUT2D eigenvalue weighted by molar-refractivity contribution is 9.09. The van der Waals surface area contributed by atoms with Crippen molar-refractivity contribution in [1.82, 2.24) is 0 Å². The Hall–Kier alpha value is -1.09. The van der Waals surface area contributed by atoms with E-state index >= 15 is 0 Å². The maximum absolute atomic E-state index is 11.0. The fourth-order valence-electron chi connectivity index (χ4n) is 1.34. The van der Waals surface area contributed by atoms with E-state index in [1.807, 2.05) is 24.3 Å². The molecule has 2 nitrogen and oxygen atoms in total. The maximum Gasteiger partial charge on any atom is 0.152 e. The molecule has 80 valence electrons. The molecule has 0 saturated carbocycles. The normalized spacial score (nSPS) is 11.3. The van der Waals surface area contributed by atoms with E-state index in [-0.39, 0.29) is 5.78 Å². The van der Waals surface area contributed by atoms with Crippen LogP contribution < -0.4 is 4.74 Å². The number of hydrogen-bond donors (Lipinski definition) is 0. The number of rotatable bonds is 4. The molecule has 0 fully saturated rings. The van der Waals surface area contributed by atoms with Gasteiger partial charge < -0.3 is 4.74 Å². The molecule has 0 spiro atoms. The Morgan fingerprint density at radius 1 is 1.47 bits per heavy atom. The molecule has 0 amide bonds. The highest BCUT2D eigenvalue weighted by atomic mass is 79.9. The molecule has 0 atom stereocenters. The molecular weight excluding hydrogens is 256 g/mol. The van der Waals surface area contributed by atoms with Crippen molar-refractivity contribution in [3.05, 3.63) is 35.9 Å². The second kappa shape index (κ2) is 5.71. The van der Waals surface area contributed by atoms with Crippen LogP contribution in [0.5, 0.6) is 5.75 Å². The Kier molecular flexibility index (Phi) is 4.56. The van der Waals surface area contributed by atoms with E-state index in [1.165, 1.54) is 6.92 Å². The first kappa shape index (κ1) is 12.0.